The molecular weight excluding hydrogens is 392 g/mol. The number of amides is 2. The number of hydrogen-bond donors (Lipinski definition) is 1. The molecule has 0 aliphatic carbocycles. The second kappa shape index (κ2) is 8.98. The van der Waals surface area contributed by atoms with E-state index in [1.54, 1.807) is 12.5 Å². The predicted octanol–water partition coefficient (Wildman–Crippen LogP) is 2.19. The van der Waals surface area contributed by atoms with Gasteiger partial charge in [0.05, 0.1) is 34.7 Å². The monoisotopic (exact) mass is 420 g/mol. The number of likely N-dealkylation sites (tertiary alicyclic amines) is 1. The number of hydrogen-bond acceptors (Lipinski definition) is 4. The zero-order valence-electron chi connectivity index (χ0n) is 17.3. The maximum Gasteiger partial charge on any atom is 0.227 e. The summed E-state index contributed by atoms with van der Waals surface area (Å²) in [4.78, 5) is 31.3. The van der Waals surface area contributed by atoms with Crippen LogP contribution >= 0.6 is 11.6 Å². The molecule has 8 nitrogen and oxygen atoms in total. The summed E-state index contributed by atoms with van der Waals surface area (Å²) in [5.41, 5.74) is 1.12. The maximum absolute atomic E-state index is 12.9. The molecule has 158 valence electrons. The quantitative estimate of drug-likeness (QED) is 0.744. The highest BCUT2D eigenvalue weighted by atomic mass is 35.5. The average molecular weight is 421 g/mol. The third kappa shape index (κ3) is 4.98. The fraction of sp³-hybridized carbons (Fsp3) is 0.600. The van der Waals surface area contributed by atoms with Gasteiger partial charge in [0.25, 0.3) is 0 Å². The lowest BCUT2D eigenvalue weighted by molar-refractivity contribution is -0.140. The Hall–Kier alpha value is -2.35. The summed E-state index contributed by atoms with van der Waals surface area (Å²) in [6.07, 6.45) is 7.26. The van der Waals surface area contributed by atoms with Gasteiger partial charge < -0.3 is 14.8 Å². The average Bonchev–Trinajstić information content (AvgIpc) is 3.31. The number of imidazole rings is 1. The van der Waals surface area contributed by atoms with E-state index in [-0.39, 0.29) is 11.8 Å². The molecule has 0 bridgehead atoms. The van der Waals surface area contributed by atoms with Crippen LogP contribution in [0.4, 0.5) is 0 Å². The molecule has 1 atom stereocenters. The van der Waals surface area contributed by atoms with Crippen LogP contribution in [0, 0.1) is 19.3 Å². The Kier molecular flexibility index (Phi) is 6.62. The van der Waals surface area contributed by atoms with Gasteiger partial charge in [-0.3, -0.25) is 14.3 Å². The van der Waals surface area contributed by atoms with Crippen molar-refractivity contribution < 1.29 is 9.59 Å². The summed E-state index contributed by atoms with van der Waals surface area (Å²) >= 11 is 6.17. The van der Waals surface area contributed by atoms with Crippen molar-refractivity contribution in [2.75, 3.05) is 19.6 Å². The molecule has 1 N–H and O–H groups in total. The van der Waals surface area contributed by atoms with Crippen LogP contribution in [0.15, 0.2) is 18.7 Å². The standard InChI is InChI=1S/C20H29ClN6O2/c1-15-18(21)16(2)27(24-15)12-8-23-19(29)20(3)6-4-9-26(13-20)17(28)5-10-25-11-7-22-14-25/h7,11,14H,4-6,8-10,12-13H2,1-3H3,(H,23,29). The van der Waals surface area contributed by atoms with Crippen molar-refractivity contribution in [1.82, 2.24) is 29.5 Å². The first-order chi connectivity index (χ1) is 13.8. The number of rotatable bonds is 7. The van der Waals surface area contributed by atoms with E-state index in [0.717, 1.165) is 24.2 Å². The zero-order valence-corrected chi connectivity index (χ0v) is 18.1. The molecule has 29 heavy (non-hydrogen) atoms. The third-order valence-electron chi connectivity index (χ3n) is 5.64. The van der Waals surface area contributed by atoms with Gasteiger partial charge >= 0.3 is 0 Å². The number of piperidine rings is 1. The summed E-state index contributed by atoms with van der Waals surface area (Å²) in [7, 11) is 0. The van der Waals surface area contributed by atoms with Gasteiger partial charge in [0, 0.05) is 45.0 Å². The van der Waals surface area contributed by atoms with Gasteiger partial charge in [-0.2, -0.15) is 5.10 Å². The molecular formula is C20H29ClN6O2. The van der Waals surface area contributed by atoms with Crippen molar-refractivity contribution in [3.63, 3.8) is 0 Å². The van der Waals surface area contributed by atoms with Gasteiger partial charge in [0.2, 0.25) is 11.8 Å². The van der Waals surface area contributed by atoms with Crippen LogP contribution in [-0.2, 0) is 22.7 Å². The van der Waals surface area contributed by atoms with Crippen LogP contribution in [0.5, 0.6) is 0 Å². The van der Waals surface area contributed by atoms with Crippen molar-refractivity contribution in [2.45, 2.75) is 53.1 Å². The highest BCUT2D eigenvalue weighted by molar-refractivity contribution is 6.31. The molecule has 2 aromatic heterocycles. The molecule has 3 rings (SSSR count). The topological polar surface area (TPSA) is 85.0 Å². The molecule has 1 saturated heterocycles. The smallest absolute Gasteiger partial charge is 0.227 e. The fourth-order valence-electron chi connectivity index (χ4n) is 3.82. The van der Waals surface area contributed by atoms with E-state index in [0.29, 0.717) is 44.2 Å². The number of aromatic nitrogens is 4. The van der Waals surface area contributed by atoms with Crippen molar-refractivity contribution in [3.8, 4) is 0 Å². The molecule has 1 aliphatic heterocycles. The van der Waals surface area contributed by atoms with Crippen molar-refractivity contribution in [2.24, 2.45) is 5.41 Å². The molecule has 3 heterocycles. The van der Waals surface area contributed by atoms with E-state index in [2.05, 4.69) is 15.4 Å². The lowest BCUT2D eigenvalue weighted by Gasteiger charge is -2.39. The van der Waals surface area contributed by atoms with Crippen LogP contribution in [0.3, 0.4) is 0 Å². The first kappa shape index (κ1) is 21.4. The first-order valence-electron chi connectivity index (χ1n) is 10.0. The summed E-state index contributed by atoms with van der Waals surface area (Å²) < 4.78 is 3.70. The molecule has 0 radical (unpaired) electrons. The van der Waals surface area contributed by atoms with E-state index < -0.39 is 5.41 Å². The number of carbonyl (C=O) groups is 2. The first-order valence-corrected chi connectivity index (χ1v) is 10.4. The van der Waals surface area contributed by atoms with Crippen LogP contribution < -0.4 is 5.32 Å². The highest BCUT2D eigenvalue weighted by Gasteiger charge is 2.39. The van der Waals surface area contributed by atoms with Crippen molar-refractivity contribution in [1.29, 1.82) is 0 Å². The van der Waals surface area contributed by atoms with Gasteiger partial charge in [-0.25, -0.2) is 4.98 Å². The number of nitrogens with one attached hydrogen (secondary N) is 1. The van der Waals surface area contributed by atoms with E-state index in [1.165, 1.54) is 0 Å². The van der Waals surface area contributed by atoms with E-state index in [9.17, 15) is 9.59 Å². The van der Waals surface area contributed by atoms with Crippen molar-refractivity contribution in [3.05, 3.63) is 35.1 Å². The maximum atomic E-state index is 12.9. The van der Waals surface area contributed by atoms with Crippen LogP contribution in [0.2, 0.25) is 5.02 Å². The fourth-order valence-corrected chi connectivity index (χ4v) is 3.96. The molecule has 2 aromatic rings. The van der Waals surface area contributed by atoms with E-state index in [4.69, 9.17) is 11.6 Å². The Balaban J connectivity index is 1.50. The zero-order chi connectivity index (χ0) is 21.0. The van der Waals surface area contributed by atoms with Crippen LogP contribution in [0.25, 0.3) is 0 Å². The Morgan fingerprint density at radius 1 is 1.31 bits per heavy atom. The molecule has 0 saturated carbocycles. The van der Waals surface area contributed by atoms with Gasteiger partial charge in [-0.15, -0.1) is 0 Å². The number of halogens is 1. The van der Waals surface area contributed by atoms with Crippen molar-refractivity contribution >= 4 is 23.4 Å². The summed E-state index contributed by atoms with van der Waals surface area (Å²) in [6.45, 7) is 8.52. The van der Waals surface area contributed by atoms with Crippen LogP contribution in [0.1, 0.15) is 37.6 Å². The minimum absolute atomic E-state index is 0.0164. The number of aryl methyl sites for hydroxylation is 2. The lowest BCUT2D eigenvalue weighted by Crippen LogP contribution is -2.52. The predicted molar refractivity (Wildman–Crippen MR) is 110 cm³/mol. The normalized spacial score (nSPS) is 19.4. The molecule has 0 aromatic carbocycles. The third-order valence-corrected chi connectivity index (χ3v) is 6.19. The Labute approximate surface area is 176 Å². The lowest BCUT2D eigenvalue weighted by atomic mass is 9.81. The molecule has 0 spiro atoms. The minimum Gasteiger partial charge on any atom is -0.354 e. The van der Waals surface area contributed by atoms with Gasteiger partial charge in [-0.1, -0.05) is 11.6 Å². The summed E-state index contributed by atoms with van der Waals surface area (Å²) in [5.74, 6) is 0.0620. The largest absolute Gasteiger partial charge is 0.354 e. The summed E-state index contributed by atoms with van der Waals surface area (Å²) in [6, 6.07) is 0. The molecule has 9 heteroatoms. The SMILES string of the molecule is Cc1nn(CCNC(=O)C2(C)CCCN(C(=O)CCn3ccnc3)C2)c(C)c1Cl. The Morgan fingerprint density at radius 2 is 2.10 bits per heavy atom. The molecule has 1 unspecified atom stereocenters. The summed E-state index contributed by atoms with van der Waals surface area (Å²) in [5, 5.41) is 8.07. The van der Waals surface area contributed by atoms with Gasteiger partial charge in [0.15, 0.2) is 0 Å². The Morgan fingerprint density at radius 3 is 2.76 bits per heavy atom. The van der Waals surface area contributed by atoms with Crippen LogP contribution in [-0.4, -0.2) is 55.7 Å². The minimum atomic E-state index is -0.574. The van der Waals surface area contributed by atoms with Gasteiger partial charge in [-0.05, 0) is 33.6 Å². The second-order valence-electron chi connectivity index (χ2n) is 7.99. The van der Waals surface area contributed by atoms with Gasteiger partial charge in [0.1, 0.15) is 0 Å². The van der Waals surface area contributed by atoms with E-state index in [1.807, 2.05) is 41.1 Å². The molecule has 1 aliphatic rings. The van der Waals surface area contributed by atoms with E-state index >= 15 is 0 Å². The number of nitrogens with zero attached hydrogens (tertiary/aromatic N) is 5. The Bertz CT molecular complexity index is 863. The second-order valence-corrected chi connectivity index (χ2v) is 8.37. The number of carbonyl (C=O) groups excluding carboxylic acids is 2. The molecule has 2 amide bonds. The highest BCUT2D eigenvalue weighted by Crippen LogP contribution is 2.30. The molecule has 1 fully saturated rings.